The zero-order chi connectivity index (χ0) is 18.9. The van der Waals surface area contributed by atoms with E-state index in [1.165, 1.54) is 36.4 Å². The first-order valence-corrected chi connectivity index (χ1v) is 7.06. The Balaban J connectivity index is 1.77. The van der Waals surface area contributed by atoms with Crippen molar-refractivity contribution in [1.82, 2.24) is 0 Å². The predicted octanol–water partition coefficient (Wildman–Crippen LogP) is 3.22. The van der Waals surface area contributed by atoms with Crippen molar-refractivity contribution in [3.63, 3.8) is 0 Å². The Morgan fingerprint density at radius 3 is 1.54 bits per heavy atom. The van der Waals surface area contributed by atoms with Crippen LogP contribution in [0, 0.1) is 20.2 Å². The van der Waals surface area contributed by atoms with Gasteiger partial charge in [0.05, 0.1) is 21.0 Å². The molecule has 2 aromatic rings. The molecule has 0 aliphatic heterocycles. The standard InChI is InChI=1S/C15H12N2O9/c18-15(25-23-9-11-5-1-3-7-13(11)16(19)20)26-24-10-12-6-2-4-8-14(12)17(21)22/h1-8H,9-10H2. The van der Waals surface area contributed by atoms with Gasteiger partial charge >= 0.3 is 6.16 Å². The molecule has 0 saturated carbocycles. The Kier molecular flexibility index (Phi) is 6.53. The van der Waals surface area contributed by atoms with Gasteiger partial charge in [0.2, 0.25) is 0 Å². The van der Waals surface area contributed by atoms with Crippen molar-refractivity contribution >= 4 is 17.5 Å². The first kappa shape index (κ1) is 18.8. The largest absolute Gasteiger partial charge is 0.573 e. The van der Waals surface area contributed by atoms with Gasteiger partial charge in [-0.15, -0.1) is 0 Å². The SMILES string of the molecule is O=C(OOCc1ccccc1[N+](=O)[O-])OOCc1ccccc1[N+](=O)[O-]. The molecule has 0 saturated heterocycles. The van der Waals surface area contributed by atoms with E-state index in [2.05, 4.69) is 19.6 Å². The van der Waals surface area contributed by atoms with Gasteiger partial charge in [0.1, 0.15) is 13.2 Å². The van der Waals surface area contributed by atoms with E-state index in [4.69, 9.17) is 0 Å². The summed E-state index contributed by atoms with van der Waals surface area (Å²) in [7, 11) is 0. The maximum atomic E-state index is 11.3. The van der Waals surface area contributed by atoms with E-state index in [0.717, 1.165) is 0 Å². The molecule has 136 valence electrons. The fraction of sp³-hybridized carbons (Fsp3) is 0.133. The van der Waals surface area contributed by atoms with Crippen LogP contribution < -0.4 is 0 Å². The maximum absolute atomic E-state index is 11.3. The highest BCUT2D eigenvalue weighted by atomic mass is 17.3. The number of nitro benzene ring substituents is 2. The highest BCUT2D eigenvalue weighted by molar-refractivity contribution is 5.58. The van der Waals surface area contributed by atoms with Crippen LogP contribution >= 0.6 is 0 Å². The third kappa shape index (κ3) is 5.22. The number of benzene rings is 2. The van der Waals surface area contributed by atoms with E-state index in [1.54, 1.807) is 12.1 Å². The van der Waals surface area contributed by atoms with E-state index in [0.29, 0.717) is 0 Å². The summed E-state index contributed by atoms with van der Waals surface area (Å²) in [4.78, 5) is 49.4. The first-order chi connectivity index (χ1) is 12.5. The molecule has 0 heterocycles. The molecule has 0 atom stereocenters. The van der Waals surface area contributed by atoms with Crippen LogP contribution in [0.2, 0.25) is 0 Å². The number of hydrogen-bond donors (Lipinski definition) is 0. The lowest BCUT2D eigenvalue weighted by atomic mass is 10.2. The molecule has 0 spiro atoms. The van der Waals surface area contributed by atoms with Gasteiger partial charge in [-0.05, 0) is 12.1 Å². The van der Waals surface area contributed by atoms with Crippen molar-refractivity contribution in [3.8, 4) is 0 Å². The lowest BCUT2D eigenvalue weighted by Gasteiger charge is -2.05. The molecule has 0 amide bonds. The molecule has 2 rings (SSSR count). The number of nitro groups is 2. The summed E-state index contributed by atoms with van der Waals surface area (Å²) in [5, 5.41) is 21.6. The summed E-state index contributed by atoms with van der Waals surface area (Å²) < 4.78 is 0. The van der Waals surface area contributed by atoms with Crippen molar-refractivity contribution in [2.24, 2.45) is 0 Å². The molecule has 0 bridgehead atoms. The monoisotopic (exact) mass is 364 g/mol. The third-order valence-corrected chi connectivity index (χ3v) is 3.06. The van der Waals surface area contributed by atoms with Crippen LogP contribution in [0.5, 0.6) is 0 Å². The van der Waals surface area contributed by atoms with E-state index in [9.17, 15) is 25.0 Å². The molecule has 26 heavy (non-hydrogen) atoms. The Labute approximate surface area is 145 Å². The first-order valence-electron chi connectivity index (χ1n) is 7.06. The third-order valence-electron chi connectivity index (χ3n) is 3.06. The summed E-state index contributed by atoms with van der Waals surface area (Å²) in [5.74, 6) is 0. The minimum Gasteiger partial charge on any atom is -0.258 e. The maximum Gasteiger partial charge on any atom is 0.573 e. The van der Waals surface area contributed by atoms with E-state index in [-0.39, 0.29) is 35.7 Å². The summed E-state index contributed by atoms with van der Waals surface area (Å²) >= 11 is 0. The number of rotatable bonds is 8. The summed E-state index contributed by atoms with van der Waals surface area (Å²) in [6.45, 7) is -0.757. The lowest BCUT2D eigenvalue weighted by molar-refractivity contribution is -0.388. The Hall–Kier alpha value is -3.57. The van der Waals surface area contributed by atoms with Gasteiger partial charge in [-0.25, -0.2) is 0 Å². The normalized spacial score (nSPS) is 10.2. The van der Waals surface area contributed by atoms with Crippen molar-refractivity contribution in [2.45, 2.75) is 13.2 Å². The minimum atomic E-state index is -1.37. The number of carbonyl (C=O) groups is 1. The molecule has 2 aromatic carbocycles. The fourth-order valence-corrected chi connectivity index (χ4v) is 1.92. The average Bonchev–Trinajstić information content (AvgIpc) is 2.62. The highest BCUT2D eigenvalue weighted by Crippen LogP contribution is 2.19. The van der Waals surface area contributed by atoms with Gasteiger partial charge in [0, 0.05) is 12.1 Å². The van der Waals surface area contributed by atoms with Crippen LogP contribution in [0.15, 0.2) is 48.5 Å². The second kappa shape index (κ2) is 9.05. The molecular weight excluding hydrogens is 352 g/mol. The second-order valence-corrected chi connectivity index (χ2v) is 4.71. The molecule has 0 radical (unpaired) electrons. The Bertz CT molecular complexity index is 744. The van der Waals surface area contributed by atoms with Crippen molar-refractivity contribution in [3.05, 3.63) is 79.9 Å². The van der Waals surface area contributed by atoms with Crippen LogP contribution in [0.3, 0.4) is 0 Å². The van der Waals surface area contributed by atoms with Crippen LogP contribution in [0.25, 0.3) is 0 Å². The molecule has 0 unspecified atom stereocenters. The fourth-order valence-electron chi connectivity index (χ4n) is 1.92. The molecule has 11 heteroatoms. The van der Waals surface area contributed by atoms with Gasteiger partial charge in [0.25, 0.3) is 11.4 Å². The smallest absolute Gasteiger partial charge is 0.258 e. The summed E-state index contributed by atoms with van der Waals surface area (Å²) in [5.41, 5.74) is -0.0218. The minimum absolute atomic E-state index is 0.186. The van der Waals surface area contributed by atoms with Gasteiger partial charge < -0.3 is 0 Å². The van der Waals surface area contributed by atoms with Crippen LogP contribution in [-0.4, -0.2) is 16.0 Å². The second-order valence-electron chi connectivity index (χ2n) is 4.71. The molecular formula is C15H12N2O9. The van der Waals surface area contributed by atoms with Crippen LogP contribution in [0.1, 0.15) is 11.1 Å². The number of hydrogen-bond acceptors (Lipinski definition) is 9. The van der Waals surface area contributed by atoms with E-state index >= 15 is 0 Å². The van der Waals surface area contributed by atoms with Crippen molar-refractivity contribution < 1.29 is 34.2 Å². The van der Waals surface area contributed by atoms with Gasteiger partial charge in [0.15, 0.2) is 0 Å². The van der Waals surface area contributed by atoms with E-state index < -0.39 is 16.0 Å². The number of carbonyl (C=O) groups excluding carboxylic acids is 1. The summed E-state index contributed by atoms with van der Waals surface area (Å²) in [6, 6.07) is 11.5. The zero-order valence-electron chi connectivity index (χ0n) is 13.1. The van der Waals surface area contributed by atoms with Crippen LogP contribution in [-0.2, 0) is 32.8 Å². The summed E-state index contributed by atoms with van der Waals surface area (Å²) in [6.07, 6.45) is -1.37. The quantitative estimate of drug-likeness (QED) is 0.392. The molecule has 0 aliphatic carbocycles. The molecule has 0 N–H and O–H groups in total. The van der Waals surface area contributed by atoms with Crippen LogP contribution in [0.4, 0.5) is 16.2 Å². The molecule has 0 fully saturated rings. The topological polar surface area (TPSA) is 140 Å². The van der Waals surface area contributed by atoms with Crippen molar-refractivity contribution in [1.29, 1.82) is 0 Å². The highest BCUT2D eigenvalue weighted by Gasteiger charge is 2.16. The average molecular weight is 364 g/mol. The lowest BCUT2D eigenvalue weighted by Crippen LogP contribution is -2.10. The Morgan fingerprint density at radius 1 is 0.769 bits per heavy atom. The van der Waals surface area contributed by atoms with Crippen molar-refractivity contribution in [2.75, 3.05) is 0 Å². The Morgan fingerprint density at radius 2 is 1.15 bits per heavy atom. The molecule has 0 aliphatic rings. The number of para-hydroxylation sites is 2. The molecule has 11 nitrogen and oxygen atoms in total. The van der Waals surface area contributed by atoms with E-state index in [1.807, 2.05) is 0 Å². The van der Waals surface area contributed by atoms with Gasteiger partial charge in [-0.3, -0.25) is 30.0 Å². The molecule has 0 aromatic heterocycles. The number of nitrogens with zero attached hydrogens (tertiary/aromatic N) is 2. The van der Waals surface area contributed by atoms with Gasteiger partial charge in [-0.1, -0.05) is 24.3 Å². The zero-order valence-corrected chi connectivity index (χ0v) is 13.1. The predicted molar refractivity (Wildman–Crippen MR) is 83.3 cm³/mol. The van der Waals surface area contributed by atoms with Gasteiger partial charge in [-0.2, -0.15) is 14.6 Å².